The fourth-order valence-electron chi connectivity index (χ4n) is 5.23. The van der Waals surface area contributed by atoms with Gasteiger partial charge in [-0.1, -0.05) is 42.5 Å². The summed E-state index contributed by atoms with van der Waals surface area (Å²) in [7, 11) is 0. The minimum Gasteiger partial charge on any atom is -0.490 e. The van der Waals surface area contributed by atoms with E-state index in [1.165, 1.54) is 6.42 Å². The van der Waals surface area contributed by atoms with Crippen molar-refractivity contribution in [3.63, 3.8) is 0 Å². The predicted octanol–water partition coefficient (Wildman–Crippen LogP) is 4.08. The molecule has 3 aliphatic rings. The smallest absolute Gasteiger partial charge is 0.193 e. The molecule has 0 bridgehead atoms. The van der Waals surface area contributed by atoms with Gasteiger partial charge in [-0.05, 0) is 54.4 Å². The van der Waals surface area contributed by atoms with Gasteiger partial charge in [-0.15, -0.1) is 0 Å². The summed E-state index contributed by atoms with van der Waals surface area (Å²) in [4.78, 5) is 7.47. The SMILES string of the molecule is CCNC(=NCC1C2Cc3ccccc3C12)N1CCC(Oc2ccccc2)CC1. The van der Waals surface area contributed by atoms with Crippen LogP contribution in [0.1, 0.15) is 36.8 Å². The van der Waals surface area contributed by atoms with Crippen LogP contribution in [0.25, 0.3) is 0 Å². The van der Waals surface area contributed by atoms with Crippen molar-refractivity contribution in [2.75, 3.05) is 26.2 Å². The number of piperidine rings is 1. The summed E-state index contributed by atoms with van der Waals surface area (Å²) in [6.07, 6.45) is 3.64. The maximum atomic E-state index is 6.15. The van der Waals surface area contributed by atoms with Crippen molar-refractivity contribution in [1.29, 1.82) is 0 Å². The molecule has 5 rings (SSSR count). The zero-order valence-corrected chi connectivity index (χ0v) is 17.3. The summed E-state index contributed by atoms with van der Waals surface area (Å²) in [6.45, 7) is 6.03. The number of aliphatic imine (C=N–C) groups is 1. The molecule has 1 aliphatic heterocycles. The highest BCUT2D eigenvalue weighted by atomic mass is 16.5. The van der Waals surface area contributed by atoms with Crippen LogP contribution in [0.3, 0.4) is 0 Å². The molecule has 3 atom stereocenters. The van der Waals surface area contributed by atoms with E-state index >= 15 is 0 Å². The van der Waals surface area contributed by atoms with Crippen molar-refractivity contribution in [1.82, 2.24) is 10.2 Å². The zero-order chi connectivity index (χ0) is 19.6. The van der Waals surface area contributed by atoms with Crippen molar-refractivity contribution in [3.05, 3.63) is 65.7 Å². The molecule has 3 unspecified atom stereocenters. The van der Waals surface area contributed by atoms with E-state index in [1.54, 1.807) is 11.1 Å². The normalized spacial score (nSPS) is 26.0. The largest absolute Gasteiger partial charge is 0.490 e. The molecule has 0 aromatic heterocycles. The number of guanidine groups is 1. The lowest BCUT2D eigenvalue weighted by atomic mass is 10.0. The average Bonchev–Trinajstić information content (AvgIpc) is 3.30. The molecule has 2 fully saturated rings. The fraction of sp³-hybridized carbons (Fsp3) is 0.480. The predicted molar refractivity (Wildman–Crippen MR) is 118 cm³/mol. The van der Waals surface area contributed by atoms with Gasteiger partial charge in [-0.2, -0.15) is 0 Å². The van der Waals surface area contributed by atoms with E-state index in [-0.39, 0.29) is 0 Å². The highest BCUT2D eigenvalue weighted by Gasteiger charge is 2.55. The minimum atomic E-state index is 0.302. The Kier molecular flexibility index (Phi) is 5.17. The van der Waals surface area contributed by atoms with Crippen molar-refractivity contribution >= 4 is 5.96 Å². The van der Waals surface area contributed by atoms with Gasteiger partial charge in [0.15, 0.2) is 5.96 Å². The number of hydrogen-bond acceptors (Lipinski definition) is 2. The summed E-state index contributed by atoms with van der Waals surface area (Å²) in [5.74, 6) is 4.38. The van der Waals surface area contributed by atoms with E-state index in [9.17, 15) is 0 Å². The van der Waals surface area contributed by atoms with Crippen molar-refractivity contribution < 1.29 is 4.74 Å². The molecule has 1 saturated heterocycles. The second-order valence-corrected chi connectivity index (χ2v) is 8.57. The summed E-state index contributed by atoms with van der Waals surface area (Å²) in [5, 5.41) is 3.52. The van der Waals surface area contributed by atoms with E-state index in [2.05, 4.69) is 41.4 Å². The molecule has 4 heteroatoms. The van der Waals surface area contributed by atoms with Crippen LogP contribution in [0.4, 0.5) is 0 Å². The van der Waals surface area contributed by atoms with Gasteiger partial charge < -0.3 is 15.0 Å². The van der Waals surface area contributed by atoms with Crippen LogP contribution in [0.5, 0.6) is 5.75 Å². The molecule has 2 aromatic rings. The number of likely N-dealkylation sites (tertiary alicyclic amines) is 1. The highest BCUT2D eigenvalue weighted by Crippen LogP contribution is 2.61. The first kappa shape index (κ1) is 18.5. The summed E-state index contributed by atoms with van der Waals surface area (Å²) in [6, 6.07) is 19.2. The van der Waals surface area contributed by atoms with Gasteiger partial charge in [0, 0.05) is 39.0 Å². The number of fused-ring (bicyclic) bond motifs is 3. The first-order chi connectivity index (χ1) is 14.3. The number of rotatable bonds is 5. The van der Waals surface area contributed by atoms with E-state index in [0.717, 1.165) is 68.5 Å². The Balaban J connectivity index is 1.16. The third-order valence-electron chi connectivity index (χ3n) is 6.78. The van der Waals surface area contributed by atoms with Crippen LogP contribution in [-0.2, 0) is 6.42 Å². The molecule has 1 heterocycles. The van der Waals surface area contributed by atoms with Crippen LogP contribution < -0.4 is 10.1 Å². The van der Waals surface area contributed by atoms with Gasteiger partial charge >= 0.3 is 0 Å². The number of para-hydroxylation sites is 1. The molecule has 29 heavy (non-hydrogen) atoms. The standard InChI is InChI=1S/C25H31N3O/c1-2-26-25(27-17-23-22-16-18-8-6-7-11-21(18)24(22)23)28-14-12-20(13-15-28)29-19-9-4-3-5-10-19/h3-11,20,22-24H,2,12-17H2,1H3,(H,26,27). The zero-order valence-electron chi connectivity index (χ0n) is 17.3. The molecular formula is C25H31N3O. The lowest BCUT2D eigenvalue weighted by Crippen LogP contribution is -2.47. The van der Waals surface area contributed by atoms with Crippen LogP contribution in [0, 0.1) is 11.8 Å². The molecule has 2 aliphatic carbocycles. The van der Waals surface area contributed by atoms with Gasteiger partial charge in [0.05, 0.1) is 0 Å². The number of benzene rings is 2. The van der Waals surface area contributed by atoms with E-state index in [1.807, 2.05) is 30.3 Å². The Morgan fingerprint density at radius 3 is 2.62 bits per heavy atom. The number of ether oxygens (including phenoxy) is 1. The molecule has 4 nitrogen and oxygen atoms in total. The van der Waals surface area contributed by atoms with Crippen molar-refractivity contribution in [3.8, 4) is 5.75 Å². The highest BCUT2D eigenvalue weighted by molar-refractivity contribution is 5.80. The summed E-state index contributed by atoms with van der Waals surface area (Å²) in [5.41, 5.74) is 3.15. The monoisotopic (exact) mass is 389 g/mol. The quantitative estimate of drug-likeness (QED) is 0.618. The average molecular weight is 390 g/mol. The maximum absolute atomic E-state index is 6.15. The molecular weight excluding hydrogens is 358 g/mol. The molecule has 2 aromatic carbocycles. The van der Waals surface area contributed by atoms with Crippen LogP contribution in [-0.4, -0.2) is 43.1 Å². The lowest BCUT2D eigenvalue weighted by Gasteiger charge is -2.34. The topological polar surface area (TPSA) is 36.9 Å². The molecule has 152 valence electrons. The number of nitrogens with zero attached hydrogens (tertiary/aromatic N) is 2. The van der Waals surface area contributed by atoms with Gasteiger partial charge in [-0.3, -0.25) is 4.99 Å². The van der Waals surface area contributed by atoms with Gasteiger partial charge in [0.2, 0.25) is 0 Å². The maximum Gasteiger partial charge on any atom is 0.193 e. The van der Waals surface area contributed by atoms with E-state index < -0.39 is 0 Å². The van der Waals surface area contributed by atoms with E-state index in [4.69, 9.17) is 9.73 Å². The van der Waals surface area contributed by atoms with Crippen molar-refractivity contribution in [2.45, 2.75) is 38.2 Å². The Hall–Kier alpha value is -2.49. The summed E-state index contributed by atoms with van der Waals surface area (Å²) >= 11 is 0. The van der Waals surface area contributed by atoms with Gasteiger partial charge in [-0.25, -0.2) is 0 Å². The third-order valence-corrected chi connectivity index (χ3v) is 6.78. The second-order valence-electron chi connectivity index (χ2n) is 8.57. The van der Waals surface area contributed by atoms with Gasteiger partial charge in [0.25, 0.3) is 0 Å². The second kappa shape index (κ2) is 8.10. The number of hydrogen-bond donors (Lipinski definition) is 1. The Morgan fingerprint density at radius 1 is 1.07 bits per heavy atom. The number of nitrogens with one attached hydrogen (secondary N) is 1. The molecule has 1 saturated carbocycles. The Morgan fingerprint density at radius 2 is 1.83 bits per heavy atom. The molecule has 0 radical (unpaired) electrons. The lowest BCUT2D eigenvalue weighted by molar-refractivity contribution is 0.129. The molecule has 0 amide bonds. The van der Waals surface area contributed by atoms with Gasteiger partial charge in [0.1, 0.15) is 11.9 Å². The molecule has 0 spiro atoms. The third kappa shape index (κ3) is 3.85. The van der Waals surface area contributed by atoms with Crippen LogP contribution >= 0.6 is 0 Å². The molecule has 1 N–H and O–H groups in total. The first-order valence-corrected chi connectivity index (χ1v) is 11.2. The Bertz CT molecular complexity index is 857. The minimum absolute atomic E-state index is 0.302. The van der Waals surface area contributed by atoms with Crippen LogP contribution in [0.15, 0.2) is 59.6 Å². The van der Waals surface area contributed by atoms with Crippen molar-refractivity contribution in [2.24, 2.45) is 16.8 Å². The first-order valence-electron chi connectivity index (χ1n) is 11.2. The Labute approximate surface area is 174 Å². The fourth-order valence-corrected chi connectivity index (χ4v) is 5.23. The summed E-state index contributed by atoms with van der Waals surface area (Å²) < 4.78 is 6.15. The van der Waals surface area contributed by atoms with Crippen LogP contribution in [0.2, 0.25) is 0 Å². The van der Waals surface area contributed by atoms with E-state index in [0.29, 0.717) is 6.10 Å².